The van der Waals surface area contributed by atoms with Gasteiger partial charge in [-0.25, -0.2) is 4.98 Å². The second-order valence-corrected chi connectivity index (χ2v) is 5.91. The molecule has 0 spiro atoms. The molecule has 1 aromatic heterocycles. The van der Waals surface area contributed by atoms with E-state index in [2.05, 4.69) is 15.3 Å². The molecule has 114 valence electrons. The van der Waals surface area contributed by atoms with Gasteiger partial charge in [0.05, 0.1) is 23.0 Å². The lowest BCUT2D eigenvalue weighted by Crippen LogP contribution is -2.37. The first kappa shape index (κ1) is 15.9. The number of hydrogen-bond acceptors (Lipinski definition) is 4. The Morgan fingerprint density at radius 2 is 2.19 bits per heavy atom. The van der Waals surface area contributed by atoms with E-state index in [0.29, 0.717) is 41.4 Å². The number of aromatic nitrogens is 2. The van der Waals surface area contributed by atoms with Gasteiger partial charge in [0.15, 0.2) is 0 Å². The van der Waals surface area contributed by atoms with Gasteiger partial charge < -0.3 is 15.0 Å². The van der Waals surface area contributed by atoms with E-state index in [1.54, 1.807) is 18.2 Å². The van der Waals surface area contributed by atoms with Crippen LogP contribution in [-0.2, 0) is 11.3 Å². The molecule has 2 rings (SSSR count). The first-order valence-corrected chi connectivity index (χ1v) is 7.32. The molecule has 0 fully saturated rings. The van der Waals surface area contributed by atoms with E-state index in [1.165, 1.54) is 0 Å². The summed E-state index contributed by atoms with van der Waals surface area (Å²) in [4.78, 5) is 19.2. The SMILES string of the molecule is CCOC(C)(C)CNCc1nc2cc(Cl)ccc2c(=O)[nH]1. The number of nitrogens with one attached hydrogen (secondary N) is 2. The normalized spacial score (nSPS) is 12.0. The first-order chi connectivity index (χ1) is 9.91. The molecule has 0 aliphatic rings. The summed E-state index contributed by atoms with van der Waals surface area (Å²) >= 11 is 5.94. The monoisotopic (exact) mass is 309 g/mol. The zero-order valence-corrected chi connectivity index (χ0v) is 13.3. The third kappa shape index (κ3) is 4.27. The van der Waals surface area contributed by atoms with E-state index in [4.69, 9.17) is 16.3 Å². The molecule has 6 heteroatoms. The minimum Gasteiger partial charge on any atom is -0.375 e. The van der Waals surface area contributed by atoms with Crippen molar-refractivity contribution in [1.82, 2.24) is 15.3 Å². The molecule has 0 saturated heterocycles. The van der Waals surface area contributed by atoms with Gasteiger partial charge in [-0.2, -0.15) is 0 Å². The summed E-state index contributed by atoms with van der Waals surface area (Å²) in [6, 6.07) is 5.06. The van der Waals surface area contributed by atoms with Gasteiger partial charge in [0.25, 0.3) is 5.56 Å². The number of H-pyrrole nitrogens is 1. The lowest BCUT2D eigenvalue weighted by atomic mass is 10.1. The predicted molar refractivity (Wildman–Crippen MR) is 84.8 cm³/mol. The van der Waals surface area contributed by atoms with Crippen molar-refractivity contribution in [2.24, 2.45) is 0 Å². The summed E-state index contributed by atoms with van der Waals surface area (Å²) in [5.74, 6) is 0.585. The quantitative estimate of drug-likeness (QED) is 0.860. The lowest BCUT2D eigenvalue weighted by molar-refractivity contribution is -0.00906. The van der Waals surface area contributed by atoms with Gasteiger partial charge in [-0.05, 0) is 39.0 Å². The minimum absolute atomic E-state index is 0.155. The number of ether oxygens (including phenoxy) is 1. The molecule has 2 aromatic rings. The average molecular weight is 310 g/mol. The van der Waals surface area contributed by atoms with Crippen LogP contribution >= 0.6 is 11.6 Å². The molecule has 1 aromatic carbocycles. The molecule has 0 bridgehead atoms. The summed E-state index contributed by atoms with van der Waals surface area (Å²) in [5, 5.41) is 4.35. The molecule has 5 nitrogen and oxygen atoms in total. The number of nitrogens with zero attached hydrogens (tertiary/aromatic N) is 1. The largest absolute Gasteiger partial charge is 0.375 e. The Morgan fingerprint density at radius 1 is 1.43 bits per heavy atom. The molecule has 0 aliphatic carbocycles. The summed E-state index contributed by atoms with van der Waals surface area (Å²) in [6.07, 6.45) is 0. The van der Waals surface area contributed by atoms with Gasteiger partial charge in [-0.1, -0.05) is 11.6 Å². The van der Waals surface area contributed by atoms with Crippen LogP contribution in [0.4, 0.5) is 0 Å². The molecular weight excluding hydrogens is 290 g/mol. The number of aromatic amines is 1. The van der Waals surface area contributed by atoms with Crippen molar-refractivity contribution in [3.8, 4) is 0 Å². The topological polar surface area (TPSA) is 67.0 Å². The Balaban J connectivity index is 2.11. The zero-order valence-electron chi connectivity index (χ0n) is 12.5. The van der Waals surface area contributed by atoms with Crippen LogP contribution in [0.25, 0.3) is 10.9 Å². The van der Waals surface area contributed by atoms with Crippen LogP contribution in [0.1, 0.15) is 26.6 Å². The van der Waals surface area contributed by atoms with Crippen molar-refractivity contribution in [2.45, 2.75) is 32.9 Å². The predicted octanol–water partition coefficient (Wildman–Crippen LogP) is 2.48. The highest BCUT2D eigenvalue weighted by Gasteiger charge is 2.16. The molecule has 2 N–H and O–H groups in total. The Morgan fingerprint density at radius 3 is 2.90 bits per heavy atom. The van der Waals surface area contributed by atoms with Crippen molar-refractivity contribution in [1.29, 1.82) is 0 Å². The fraction of sp³-hybridized carbons (Fsp3) is 0.467. The Hall–Kier alpha value is -1.43. The van der Waals surface area contributed by atoms with Gasteiger partial charge in [0.2, 0.25) is 0 Å². The van der Waals surface area contributed by atoms with Gasteiger partial charge in [-0.3, -0.25) is 4.79 Å². The molecule has 0 saturated carbocycles. The smallest absolute Gasteiger partial charge is 0.258 e. The van der Waals surface area contributed by atoms with Gasteiger partial charge in [0, 0.05) is 18.2 Å². The highest BCUT2D eigenvalue weighted by molar-refractivity contribution is 6.31. The fourth-order valence-corrected chi connectivity index (χ4v) is 2.33. The number of halogens is 1. The lowest BCUT2D eigenvalue weighted by Gasteiger charge is -2.24. The summed E-state index contributed by atoms with van der Waals surface area (Å²) in [7, 11) is 0. The van der Waals surface area contributed by atoms with E-state index < -0.39 is 0 Å². The van der Waals surface area contributed by atoms with Gasteiger partial charge in [0.1, 0.15) is 5.82 Å². The minimum atomic E-state index is -0.255. The maximum atomic E-state index is 12.0. The van der Waals surface area contributed by atoms with E-state index in [1.807, 2.05) is 20.8 Å². The average Bonchev–Trinajstić information content (AvgIpc) is 2.37. The van der Waals surface area contributed by atoms with Crippen LogP contribution in [0.3, 0.4) is 0 Å². The molecule has 0 aliphatic heterocycles. The number of hydrogen-bond donors (Lipinski definition) is 2. The molecule has 1 heterocycles. The number of rotatable bonds is 6. The second kappa shape index (κ2) is 6.56. The van der Waals surface area contributed by atoms with Crippen LogP contribution in [-0.4, -0.2) is 28.7 Å². The third-order valence-electron chi connectivity index (χ3n) is 3.10. The van der Waals surface area contributed by atoms with Crippen molar-refractivity contribution in [3.05, 3.63) is 39.4 Å². The maximum Gasteiger partial charge on any atom is 0.258 e. The van der Waals surface area contributed by atoms with E-state index in [-0.39, 0.29) is 11.2 Å². The molecule has 0 amide bonds. The Labute approximate surface area is 128 Å². The van der Waals surface area contributed by atoms with E-state index >= 15 is 0 Å². The molecule has 0 unspecified atom stereocenters. The maximum absolute atomic E-state index is 12.0. The van der Waals surface area contributed by atoms with Crippen LogP contribution in [0, 0.1) is 0 Å². The third-order valence-corrected chi connectivity index (χ3v) is 3.33. The van der Waals surface area contributed by atoms with E-state index in [0.717, 1.165) is 0 Å². The first-order valence-electron chi connectivity index (χ1n) is 6.94. The van der Waals surface area contributed by atoms with Crippen LogP contribution in [0.2, 0.25) is 5.02 Å². The number of benzene rings is 1. The molecule has 21 heavy (non-hydrogen) atoms. The second-order valence-electron chi connectivity index (χ2n) is 5.47. The van der Waals surface area contributed by atoms with Crippen molar-refractivity contribution in [3.63, 3.8) is 0 Å². The molecular formula is C15H20ClN3O2. The highest BCUT2D eigenvalue weighted by atomic mass is 35.5. The van der Waals surface area contributed by atoms with Crippen molar-refractivity contribution >= 4 is 22.5 Å². The molecule has 0 radical (unpaired) electrons. The standard InChI is InChI=1S/C15H20ClN3O2/c1-4-21-15(2,3)9-17-8-13-18-12-7-10(16)5-6-11(12)14(20)19-13/h5-7,17H,4,8-9H2,1-3H3,(H,18,19,20). The number of fused-ring (bicyclic) bond motifs is 1. The Bertz CT molecular complexity index is 682. The fourth-order valence-electron chi connectivity index (χ4n) is 2.17. The summed E-state index contributed by atoms with van der Waals surface area (Å²) < 4.78 is 5.60. The van der Waals surface area contributed by atoms with Gasteiger partial charge in [-0.15, -0.1) is 0 Å². The van der Waals surface area contributed by atoms with Gasteiger partial charge >= 0.3 is 0 Å². The summed E-state index contributed by atoms with van der Waals surface area (Å²) in [6.45, 7) is 7.79. The highest BCUT2D eigenvalue weighted by Crippen LogP contribution is 2.14. The summed E-state index contributed by atoms with van der Waals surface area (Å²) in [5.41, 5.74) is 0.194. The zero-order chi connectivity index (χ0) is 15.5. The van der Waals surface area contributed by atoms with Crippen LogP contribution in [0.5, 0.6) is 0 Å². The van der Waals surface area contributed by atoms with Crippen LogP contribution < -0.4 is 10.9 Å². The Kier molecular flexibility index (Phi) is 4.98. The van der Waals surface area contributed by atoms with Crippen molar-refractivity contribution in [2.75, 3.05) is 13.2 Å². The van der Waals surface area contributed by atoms with Crippen LogP contribution in [0.15, 0.2) is 23.0 Å². The van der Waals surface area contributed by atoms with Crippen molar-refractivity contribution < 1.29 is 4.74 Å². The van der Waals surface area contributed by atoms with E-state index in [9.17, 15) is 4.79 Å². The molecule has 0 atom stereocenters.